The molecule has 1 saturated heterocycles. The molecule has 52 valence electrons. The molecule has 1 aliphatic rings. The van der Waals surface area contributed by atoms with Crippen LogP contribution in [0, 0.1) is 0 Å². The normalized spacial score (nSPS) is 34.8. The van der Waals surface area contributed by atoms with Gasteiger partial charge in [-0.05, 0) is 0 Å². The van der Waals surface area contributed by atoms with Gasteiger partial charge in [-0.1, -0.05) is 0 Å². The van der Waals surface area contributed by atoms with Gasteiger partial charge >= 0.3 is 5.97 Å². The molecule has 0 aromatic rings. The van der Waals surface area contributed by atoms with E-state index in [0.29, 0.717) is 0 Å². The summed E-state index contributed by atoms with van der Waals surface area (Å²) in [6, 6.07) is -0.667. The molecular formula is C5H8FNO2. The number of rotatable bonds is 1. The van der Waals surface area contributed by atoms with Crippen LogP contribution in [-0.2, 0) is 4.79 Å². The Hall–Kier alpha value is -0.640. The molecule has 0 aliphatic carbocycles. The molecule has 9 heavy (non-hydrogen) atoms. The van der Waals surface area contributed by atoms with Gasteiger partial charge in [0.1, 0.15) is 12.2 Å². The SMILES string of the molecule is O=C(O)C1C[C@@H](F)CN1. The maximum Gasteiger partial charge on any atom is 0.320 e. The first-order chi connectivity index (χ1) is 4.20. The first-order valence-electron chi connectivity index (χ1n) is 2.80. The molecule has 0 spiro atoms. The molecule has 2 N–H and O–H groups in total. The first kappa shape index (κ1) is 6.48. The molecule has 3 nitrogen and oxygen atoms in total. The van der Waals surface area contributed by atoms with Crippen molar-refractivity contribution >= 4 is 5.97 Å². The number of hydrogen-bond acceptors (Lipinski definition) is 2. The van der Waals surface area contributed by atoms with E-state index in [4.69, 9.17) is 5.11 Å². The average molecular weight is 133 g/mol. The summed E-state index contributed by atoms with van der Waals surface area (Å²) < 4.78 is 12.2. The van der Waals surface area contributed by atoms with Crippen LogP contribution in [0.3, 0.4) is 0 Å². The summed E-state index contributed by atoms with van der Waals surface area (Å²) in [5.74, 6) is -0.963. The topological polar surface area (TPSA) is 49.3 Å². The van der Waals surface area contributed by atoms with E-state index in [1.54, 1.807) is 0 Å². The Morgan fingerprint density at radius 3 is 2.67 bits per heavy atom. The monoisotopic (exact) mass is 133 g/mol. The second-order valence-corrected chi connectivity index (χ2v) is 2.13. The van der Waals surface area contributed by atoms with Gasteiger partial charge in [0.2, 0.25) is 0 Å². The van der Waals surface area contributed by atoms with E-state index in [-0.39, 0.29) is 13.0 Å². The standard InChI is InChI=1S/C5H8FNO2/c6-3-1-4(5(8)9)7-2-3/h3-4,7H,1-2H2,(H,8,9)/t3-,4?/m1/s1. The molecule has 1 heterocycles. The van der Waals surface area contributed by atoms with Crippen molar-refractivity contribution in [3.8, 4) is 0 Å². The number of alkyl halides is 1. The number of carboxylic acids is 1. The quantitative estimate of drug-likeness (QED) is 0.519. The molecule has 0 amide bonds. The third-order valence-corrected chi connectivity index (χ3v) is 1.38. The molecule has 0 bridgehead atoms. The van der Waals surface area contributed by atoms with Crippen LogP contribution in [0.15, 0.2) is 0 Å². The summed E-state index contributed by atoms with van der Waals surface area (Å²) >= 11 is 0. The van der Waals surface area contributed by atoms with Crippen LogP contribution in [0.1, 0.15) is 6.42 Å². The van der Waals surface area contributed by atoms with Gasteiger partial charge < -0.3 is 10.4 Å². The van der Waals surface area contributed by atoms with E-state index >= 15 is 0 Å². The molecule has 2 atom stereocenters. The Labute approximate surface area is 51.9 Å². The minimum absolute atomic E-state index is 0.106. The zero-order valence-electron chi connectivity index (χ0n) is 4.80. The molecule has 0 saturated carbocycles. The minimum atomic E-state index is -0.980. The fraction of sp³-hybridized carbons (Fsp3) is 0.800. The van der Waals surface area contributed by atoms with E-state index in [1.807, 2.05) is 0 Å². The lowest BCUT2D eigenvalue weighted by Gasteiger charge is -1.99. The fourth-order valence-electron chi connectivity index (χ4n) is 0.881. The van der Waals surface area contributed by atoms with Crippen molar-refractivity contribution in [1.82, 2.24) is 5.32 Å². The number of halogens is 1. The van der Waals surface area contributed by atoms with Crippen LogP contribution in [0.25, 0.3) is 0 Å². The van der Waals surface area contributed by atoms with Crippen LogP contribution in [0.5, 0.6) is 0 Å². The molecule has 4 heteroatoms. The summed E-state index contributed by atoms with van der Waals surface area (Å²) in [4.78, 5) is 10.1. The Bertz CT molecular complexity index is 128. The van der Waals surface area contributed by atoms with Crippen LogP contribution in [-0.4, -0.2) is 29.8 Å². The predicted octanol–water partition coefficient (Wildman–Crippen LogP) is -0.229. The van der Waals surface area contributed by atoms with E-state index < -0.39 is 18.2 Å². The largest absolute Gasteiger partial charge is 0.480 e. The highest BCUT2D eigenvalue weighted by atomic mass is 19.1. The third-order valence-electron chi connectivity index (χ3n) is 1.38. The van der Waals surface area contributed by atoms with Gasteiger partial charge in [0, 0.05) is 13.0 Å². The van der Waals surface area contributed by atoms with Crippen LogP contribution >= 0.6 is 0 Å². The number of carbonyl (C=O) groups is 1. The van der Waals surface area contributed by atoms with Crippen LogP contribution < -0.4 is 5.32 Å². The second kappa shape index (κ2) is 2.31. The number of aliphatic carboxylic acids is 1. The van der Waals surface area contributed by atoms with Gasteiger partial charge in [-0.2, -0.15) is 0 Å². The summed E-state index contributed by atoms with van der Waals surface area (Å²) in [5, 5.41) is 10.8. The smallest absolute Gasteiger partial charge is 0.320 e. The van der Waals surface area contributed by atoms with Crippen molar-refractivity contribution in [2.24, 2.45) is 0 Å². The van der Waals surface area contributed by atoms with Crippen molar-refractivity contribution in [2.75, 3.05) is 6.54 Å². The highest BCUT2D eigenvalue weighted by Gasteiger charge is 2.28. The van der Waals surface area contributed by atoms with Crippen molar-refractivity contribution in [3.63, 3.8) is 0 Å². The van der Waals surface area contributed by atoms with Crippen molar-refractivity contribution in [3.05, 3.63) is 0 Å². The molecule has 0 radical (unpaired) electrons. The average Bonchev–Trinajstić information content (AvgIpc) is 2.14. The maximum atomic E-state index is 12.2. The lowest BCUT2D eigenvalue weighted by atomic mass is 10.2. The lowest BCUT2D eigenvalue weighted by Crippen LogP contribution is -2.29. The van der Waals surface area contributed by atoms with E-state index in [9.17, 15) is 9.18 Å². The molecule has 0 aromatic carbocycles. The molecule has 1 rings (SSSR count). The van der Waals surface area contributed by atoms with Gasteiger partial charge in [-0.25, -0.2) is 4.39 Å². The van der Waals surface area contributed by atoms with Crippen molar-refractivity contribution in [1.29, 1.82) is 0 Å². The summed E-state index contributed by atoms with van der Waals surface area (Å²) in [7, 11) is 0. The molecule has 0 aromatic heterocycles. The fourth-order valence-corrected chi connectivity index (χ4v) is 0.881. The number of carboxylic acid groups (broad SMARTS) is 1. The minimum Gasteiger partial charge on any atom is -0.480 e. The molecule has 1 unspecified atom stereocenters. The van der Waals surface area contributed by atoms with E-state index in [0.717, 1.165) is 0 Å². The molecular weight excluding hydrogens is 125 g/mol. The van der Waals surface area contributed by atoms with Crippen molar-refractivity contribution < 1.29 is 14.3 Å². The second-order valence-electron chi connectivity index (χ2n) is 2.13. The highest BCUT2D eigenvalue weighted by molar-refractivity contribution is 5.73. The Morgan fingerprint density at radius 1 is 1.78 bits per heavy atom. The van der Waals surface area contributed by atoms with Gasteiger partial charge in [0.25, 0.3) is 0 Å². The van der Waals surface area contributed by atoms with Crippen LogP contribution in [0.2, 0.25) is 0 Å². The zero-order valence-corrected chi connectivity index (χ0v) is 4.80. The summed E-state index contributed by atoms with van der Waals surface area (Å²) in [6.07, 6.45) is -0.874. The summed E-state index contributed by atoms with van der Waals surface area (Å²) in [5.41, 5.74) is 0. The molecule has 1 fully saturated rings. The first-order valence-corrected chi connectivity index (χ1v) is 2.80. The summed E-state index contributed by atoms with van der Waals surface area (Å²) in [6.45, 7) is 0.178. The Kier molecular flexibility index (Phi) is 1.66. The maximum absolute atomic E-state index is 12.2. The predicted molar refractivity (Wildman–Crippen MR) is 28.9 cm³/mol. The van der Waals surface area contributed by atoms with E-state index in [1.165, 1.54) is 0 Å². The van der Waals surface area contributed by atoms with Gasteiger partial charge in [0.05, 0.1) is 0 Å². The highest BCUT2D eigenvalue weighted by Crippen LogP contribution is 2.09. The van der Waals surface area contributed by atoms with Gasteiger partial charge in [-0.3, -0.25) is 4.79 Å². The third kappa shape index (κ3) is 1.38. The zero-order chi connectivity index (χ0) is 6.85. The van der Waals surface area contributed by atoms with Crippen LogP contribution in [0.4, 0.5) is 4.39 Å². The Balaban J connectivity index is 2.39. The van der Waals surface area contributed by atoms with Crippen molar-refractivity contribution in [2.45, 2.75) is 18.6 Å². The van der Waals surface area contributed by atoms with Gasteiger partial charge in [-0.15, -0.1) is 0 Å². The number of hydrogen-bond donors (Lipinski definition) is 2. The Morgan fingerprint density at radius 2 is 2.44 bits per heavy atom. The number of nitrogens with one attached hydrogen (secondary N) is 1. The van der Waals surface area contributed by atoms with E-state index in [2.05, 4.69) is 5.32 Å². The molecule has 1 aliphatic heterocycles. The van der Waals surface area contributed by atoms with Gasteiger partial charge in [0.15, 0.2) is 0 Å². The lowest BCUT2D eigenvalue weighted by molar-refractivity contribution is -0.139.